The maximum atomic E-state index is 4.79. The topological polar surface area (TPSA) is 24.9 Å². The van der Waals surface area contributed by atoms with E-state index in [0.29, 0.717) is 0 Å². The van der Waals surface area contributed by atoms with E-state index < -0.39 is 0 Å². The van der Waals surface area contributed by atoms with Gasteiger partial charge in [0, 0.05) is 23.8 Å². The lowest BCUT2D eigenvalue weighted by molar-refractivity contribution is 0.682. The van der Waals surface area contributed by atoms with Gasteiger partial charge in [-0.1, -0.05) is 29.8 Å². The van der Waals surface area contributed by atoms with Crippen molar-refractivity contribution in [2.45, 2.75) is 46.2 Å². The fourth-order valence-corrected chi connectivity index (χ4v) is 2.57. The predicted octanol–water partition coefficient (Wildman–Crippen LogP) is 3.93. The number of benzene rings is 1. The Kier molecular flexibility index (Phi) is 3.58. The summed E-state index contributed by atoms with van der Waals surface area (Å²) in [6.45, 7) is 7.33. The maximum absolute atomic E-state index is 4.79. The molecular weight excluding hydrogens is 244 g/mol. The number of hydrogen-bond acceptors (Lipinski definition) is 2. The zero-order valence-corrected chi connectivity index (χ0v) is 12.5. The molecule has 1 saturated carbocycles. The molecule has 2 heteroatoms. The molecule has 0 atom stereocenters. The van der Waals surface area contributed by atoms with Gasteiger partial charge >= 0.3 is 0 Å². The van der Waals surface area contributed by atoms with Crippen LogP contribution in [0.25, 0.3) is 11.3 Å². The second-order valence-electron chi connectivity index (χ2n) is 5.91. The fraction of sp³-hybridized carbons (Fsp3) is 0.389. The van der Waals surface area contributed by atoms with E-state index in [9.17, 15) is 0 Å². The van der Waals surface area contributed by atoms with E-state index in [1.165, 1.54) is 35.1 Å². The predicted molar refractivity (Wildman–Crippen MR) is 83.7 cm³/mol. The molecule has 20 heavy (non-hydrogen) atoms. The summed E-state index contributed by atoms with van der Waals surface area (Å²) >= 11 is 0. The van der Waals surface area contributed by atoms with Crippen LogP contribution >= 0.6 is 0 Å². The molecule has 1 fully saturated rings. The Morgan fingerprint density at radius 3 is 2.55 bits per heavy atom. The number of aryl methyl sites for hydroxylation is 3. The van der Waals surface area contributed by atoms with Gasteiger partial charge in [0.2, 0.25) is 0 Å². The van der Waals surface area contributed by atoms with E-state index in [0.717, 1.165) is 24.0 Å². The first-order valence-electron chi connectivity index (χ1n) is 7.41. The third-order valence-electron chi connectivity index (χ3n) is 4.01. The Morgan fingerprint density at radius 1 is 1.10 bits per heavy atom. The molecule has 1 heterocycles. The van der Waals surface area contributed by atoms with Gasteiger partial charge in [-0.05, 0) is 50.8 Å². The minimum atomic E-state index is 0.744. The molecule has 3 rings (SSSR count). The summed E-state index contributed by atoms with van der Waals surface area (Å²) in [5, 5.41) is 3.55. The van der Waals surface area contributed by atoms with Gasteiger partial charge in [0.25, 0.3) is 0 Å². The summed E-state index contributed by atoms with van der Waals surface area (Å²) in [6, 6.07) is 11.7. The van der Waals surface area contributed by atoms with Crippen LogP contribution in [0.15, 0.2) is 30.3 Å². The maximum Gasteiger partial charge on any atom is 0.0708 e. The van der Waals surface area contributed by atoms with Gasteiger partial charge in [-0.2, -0.15) is 0 Å². The summed E-state index contributed by atoms with van der Waals surface area (Å²) in [5.74, 6) is 0. The van der Waals surface area contributed by atoms with Crippen LogP contribution in [0.3, 0.4) is 0 Å². The van der Waals surface area contributed by atoms with Gasteiger partial charge in [-0.3, -0.25) is 4.98 Å². The van der Waals surface area contributed by atoms with Crippen LogP contribution in [-0.2, 0) is 6.54 Å². The van der Waals surface area contributed by atoms with Crippen LogP contribution < -0.4 is 5.32 Å². The van der Waals surface area contributed by atoms with Crippen molar-refractivity contribution in [3.05, 3.63) is 52.7 Å². The number of hydrogen-bond donors (Lipinski definition) is 1. The molecule has 1 aromatic carbocycles. The van der Waals surface area contributed by atoms with Crippen LogP contribution in [0.5, 0.6) is 0 Å². The molecule has 0 saturated heterocycles. The molecular formula is C18H22N2. The molecule has 1 aliphatic carbocycles. The second-order valence-corrected chi connectivity index (χ2v) is 5.91. The normalized spacial score (nSPS) is 14.6. The molecule has 0 aliphatic heterocycles. The van der Waals surface area contributed by atoms with E-state index >= 15 is 0 Å². The molecule has 104 valence electrons. The number of pyridine rings is 1. The molecule has 2 aromatic rings. The average Bonchev–Trinajstić information content (AvgIpc) is 3.21. The first kappa shape index (κ1) is 13.3. The van der Waals surface area contributed by atoms with Gasteiger partial charge in [-0.25, -0.2) is 0 Å². The molecule has 0 amide bonds. The monoisotopic (exact) mass is 266 g/mol. The zero-order chi connectivity index (χ0) is 14.1. The molecule has 1 aliphatic rings. The van der Waals surface area contributed by atoms with Gasteiger partial charge in [0.15, 0.2) is 0 Å². The van der Waals surface area contributed by atoms with E-state index in [2.05, 4.69) is 56.4 Å². The van der Waals surface area contributed by atoms with Crippen molar-refractivity contribution < 1.29 is 0 Å². The highest BCUT2D eigenvalue weighted by Gasteiger charge is 2.20. The zero-order valence-electron chi connectivity index (χ0n) is 12.5. The van der Waals surface area contributed by atoms with E-state index in [1.807, 2.05) is 0 Å². The summed E-state index contributed by atoms with van der Waals surface area (Å²) in [4.78, 5) is 4.79. The lowest BCUT2D eigenvalue weighted by Crippen LogP contribution is -2.16. The average molecular weight is 266 g/mol. The molecule has 1 aromatic heterocycles. The van der Waals surface area contributed by atoms with Crippen molar-refractivity contribution >= 4 is 0 Å². The Bertz CT molecular complexity index is 627. The largest absolute Gasteiger partial charge is 0.310 e. The van der Waals surface area contributed by atoms with E-state index in [-0.39, 0.29) is 0 Å². The number of rotatable bonds is 4. The quantitative estimate of drug-likeness (QED) is 0.907. The van der Waals surface area contributed by atoms with Gasteiger partial charge in [0.05, 0.1) is 5.69 Å². The summed E-state index contributed by atoms with van der Waals surface area (Å²) < 4.78 is 0. The molecule has 2 nitrogen and oxygen atoms in total. The van der Waals surface area contributed by atoms with Crippen molar-refractivity contribution in [2.24, 2.45) is 0 Å². The lowest BCUT2D eigenvalue weighted by Gasteiger charge is -2.11. The Morgan fingerprint density at radius 2 is 1.90 bits per heavy atom. The van der Waals surface area contributed by atoms with Crippen LogP contribution in [0.2, 0.25) is 0 Å². The van der Waals surface area contributed by atoms with Crippen LogP contribution in [0.1, 0.15) is 35.2 Å². The van der Waals surface area contributed by atoms with Crippen molar-refractivity contribution in [1.29, 1.82) is 0 Å². The van der Waals surface area contributed by atoms with Crippen molar-refractivity contribution in [3.63, 3.8) is 0 Å². The molecule has 0 bridgehead atoms. The van der Waals surface area contributed by atoms with E-state index in [1.54, 1.807) is 0 Å². The second kappa shape index (κ2) is 5.37. The Labute approximate surface area is 121 Å². The molecule has 1 N–H and O–H groups in total. The highest BCUT2D eigenvalue weighted by Crippen LogP contribution is 2.24. The van der Waals surface area contributed by atoms with Crippen LogP contribution in [0.4, 0.5) is 0 Å². The molecule has 0 spiro atoms. The third-order valence-corrected chi connectivity index (χ3v) is 4.01. The summed E-state index contributed by atoms with van der Waals surface area (Å²) in [5.41, 5.74) is 7.35. The lowest BCUT2D eigenvalue weighted by atomic mass is 10.0. The third kappa shape index (κ3) is 2.91. The highest BCUT2D eigenvalue weighted by atomic mass is 14.9. The summed E-state index contributed by atoms with van der Waals surface area (Å²) in [6.07, 6.45) is 2.65. The van der Waals surface area contributed by atoms with Gasteiger partial charge < -0.3 is 5.32 Å². The standard InChI is InChI=1S/C18H22N2/c1-12-4-8-17(13(2)10-12)18-9-5-15(14(3)20-18)11-19-16-6-7-16/h4-5,8-10,16,19H,6-7,11H2,1-3H3. The SMILES string of the molecule is Cc1ccc(-c2ccc(CNC3CC3)c(C)n2)c(C)c1. The summed E-state index contributed by atoms with van der Waals surface area (Å²) in [7, 11) is 0. The Hall–Kier alpha value is -1.67. The first-order chi connectivity index (χ1) is 9.63. The van der Waals surface area contributed by atoms with Crippen molar-refractivity contribution in [1.82, 2.24) is 10.3 Å². The van der Waals surface area contributed by atoms with Crippen LogP contribution in [0, 0.1) is 20.8 Å². The number of nitrogens with zero attached hydrogens (tertiary/aromatic N) is 1. The van der Waals surface area contributed by atoms with Gasteiger partial charge in [0.1, 0.15) is 0 Å². The smallest absolute Gasteiger partial charge is 0.0708 e. The van der Waals surface area contributed by atoms with Gasteiger partial charge in [-0.15, -0.1) is 0 Å². The minimum absolute atomic E-state index is 0.744. The molecule has 0 unspecified atom stereocenters. The van der Waals surface area contributed by atoms with E-state index in [4.69, 9.17) is 4.98 Å². The van der Waals surface area contributed by atoms with Crippen molar-refractivity contribution in [3.8, 4) is 11.3 Å². The molecule has 0 radical (unpaired) electrons. The minimum Gasteiger partial charge on any atom is -0.310 e. The Balaban J connectivity index is 1.84. The number of aromatic nitrogens is 1. The van der Waals surface area contributed by atoms with Crippen LogP contribution in [-0.4, -0.2) is 11.0 Å². The first-order valence-corrected chi connectivity index (χ1v) is 7.41. The fourth-order valence-electron chi connectivity index (χ4n) is 2.57. The number of nitrogens with one attached hydrogen (secondary N) is 1. The van der Waals surface area contributed by atoms with Crippen molar-refractivity contribution in [2.75, 3.05) is 0 Å². The highest BCUT2D eigenvalue weighted by molar-refractivity contribution is 5.64.